The number of unbranched alkanes of at least 4 members (excludes halogenated alkanes) is 24. The highest BCUT2D eigenvalue weighted by molar-refractivity contribution is 5.72. The number of likely N-dealkylation sites (N-methyl/N-ethyl adjacent to an activating group) is 1. The molecule has 0 aliphatic rings. The van der Waals surface area contributed by atoms with Crippen LogP contribution in [0.1, 0.15) is 232 Å². The highest BCUT2D eigenvalue weighted by Gasteiger charge is 2.31. The minimum atomic E-state index is -0.878. The third-order valence-corrected chi connectivity index (χ3v) is 11.9. The predicted molar refractivity (Wildman–Crippen MR) is 275 cm³/mol. The molecule has 2 atom stereocenters. The van der Waals surface area contributed by atoms with E-state index in [1.807, 2.05) is 21.1 Å². The number of carbonyl (C=O) groups is 3. The van der Waals surface area contributed by atoms with Crippen LogP contribution in [0.3, 0.4) is 0 Å². The molecule has 0 amide bonds. The van der Waals surface area contributed by atoms with Gasteiger partial charge in [-0.3, -0.25) is 9.59 Å². The molecule has 0 aliphatic heterocycles. The Morgan fingerprint density at radius 2 is 0.815 bits per heavy atom. The minimum absolute atomic E-state index is 0.0520. The number of hydrogen-bond donors (Lipinski definition) is 1. The number of hydrogen-bond acceptors (Lipinski definition) is 6. The normalized spacial score (nSPS) is 13.3. The summed E-state index contributed by atoms with van der Waals surface area (Å²) in [5.74, 6) is -1.49. The molecule has 0 fully saturated rings. The van der Waals surface area contributed by atoms with E-state index in [4.69, 9.17) is 14.2 Å². The maximum absolute atomic E-state index is 12.8. The Balaban J connectivity index is 4.28. The zero-order chi connectivity index (χ0) is 47.7. The molecular weight excluding hydrogens is 811 g/mol. The quantitative estimate of drug-likeness (QED) is 0.0281. The first-order valence-corrected chi connectivity index (χ1v) is 26.8. The third-order valence-electron chi connectivity index (χ3n) is 11.9. The van der Waals surface area contributed by atoms with E-state index in [1.54, 1.807) is 0 Å². The number of carboxylic acid groups (broad SMARTS) is 1. The van der Waals surface area contributed by atoms with Crippen LogP contribution >= 0.6 is 0 Å². The summed E-state index contributed by atoms with van der Waals surface area (Å²) in [6, 6.07) is -0.621. The summed E-state index contributed by atoms with van der Waals surface area (Å²) in [4.78, 5) is 37.2. The van der Waals surface area contributed by atoms with Crippen molar-refractivity contribution in [1.82, 2.24) is 0 Å². The number of aliphatic carboxylic acids is 1. The van der Waals surface area contributed by atoms with E-state index in [0.29, 0.717) is 19.3 Å². The number of allylic oxidation sites excluding steroid dienone is 10. The lowest BCUT2D eigenvalue weighted by Gasteiger charge is -2.31. The number of carbonyl (C=O) groups excluding carboxylic acids is 2. The van der Waals surface area contributed by atoms with Gasteiger partial charge < -0.3 is 23.8 Å². The molecule has 0 rings (SSSR count). The first-order valence-electron chi connectivity index (χ1n) is 26.8. The summed E-state index contributed by atoms with van der Waals surface area (Å²) in [6.07, 6.45) is 59.8. The lowest BCUT2D eigenvalue weighted by Crippen LogP contribution is -2.50. The molecule has 0 aliphatic carbocycles. The molecule has 8 heteroatoms. The average molecular weight is 913 g/mol. The van der Waals surface area contributed by atoms with Gasteiger partial charge >= 0.3 is 17.9 Å². The van der Waals surface area contributed by atoms with Gasteiger partial charge in [-0.15, -0.1) is 0 Å². The Morgan fingerprint density at radius 1 is 0.462 bits per heavy atom. The van der Waals surface area contributed by atoms with Gasteiger partial charge in [0, 0.05) is 19.3 Å². The summed E-state index contributed by atoms with van der Waals surface area (Å²) in [5, 5.41) is 9.66. The van der Waals surface area contributed by atoms with Crippen LogP contribution in [0.15, 0.2) is 60.8 Å². The van der Waals surface area contributed by atoms with Crippen molar-refractivity contribution in [2.75, 3.05) is 41.0 Å². The number of ether oxygens (including phenoxy) is 3. The smallest absolute Gasteiger partial charge is 0.362 e. The lowest BCUT2D eigenvalue weighted by molar-refractivity contribution is -0.887. The van der Waals surface area contributed by atoms with Gasteiger partial charge in [-0.05, 0) is 83.5 Å². The van der Waals surface area contributed by atoms with Crippen molar-refractivity contribution >= 4 is 17.9 Å². The highest BCUT2D eigenvalue weighted by Crippen LogP contribution is 2.15. The van der Waals surface area contributed by atoms with Gasteiger partial charge in [0.15, 0.2) is 12.1 Å². The van der Waals surface area contributed by atoms with Gasteiger partial charge in [0.1, 0.15) is 6.61 Å². The number of rotatable bonds is 48. The van der Waals surface area contributed by atoms with Gasteiger partial charge in [0.2, 0.25) is 0 Å². The Hall–Kier alpha value is -2.97. The molecule has 2 unspecified atom stereocenters. The Labute approximate surface area is 400 Å². The van der Waals surface area contributed by atoms with Gasteiger partial charge in [0.25, 0.3) is 0 Å². The molecular formula is C57H102NO7+. The van der Waals surface area contributed by atoms with Crippen molar-refractivity contribution in [2.45, 2.75) is 244 Å². The van der Waals surface area contributed by atoms with Crippen molar-refractivity contribution in [3.8, 4) is 0 Å². The fraction of sp³-hybridized carbons (Fsp3) is 0.772. The first kappa shape index (κ1) is 62.0. The van der Waals surface area contributed by atoms with Crippen molar-refractivity contribution < 1.29 is 38.2 Å². The molecule has 0 spiro atoms. The van der Waals surface area contributed by atoms with Crippen LogP contribution in [0.2, 0.25) is 0 Å². The van der Waals surface area contributed by atoms with Crippen LogP contribution in [-0.2, 0) is 28.6 Å². The molecule has 0 bridgehead atoms. The van der Waals surface area contributed by atoms with Crippen LogP contribution in [0.5, 0.6) is 0 Å². The van der Waals surface area contributed by atoms with E-state index >= 15 is 0 Å². The maximum Gasteiger partial charge on any atom is 0.362 e. The summed E-state index contributed by atoms with van der Waals surface area (Å²) >= 11 is 0. The predicted octanol–water partition coefficient (Wildman–Crippen LogP) is 15.7. The molecule has 0 aromatic carbocycles. The number of nitrogens with zero attached hydrogens (tertiary/aromatic N) is 1. The molecule has 65 heavy (non-hydrogen) atoms. The largest absolute Gasteiger partial charge is 0.477 e. The zero-order valence-electron chi connectivity index (χ0n) is 42.9. The van der Waals surface area contributed by atoms with E-state index in [-0.39, 0.29) is 36.2 Å². The van der Waals surface area contributed by atoms with E-state index in [2.05, 4.69) is 74.6 Å². The summed E-state index contributed by atoms with van der Waals surface area (Å²) in [6.45, 7) is 4.70. The summed E-state index contributed by atoms with van der Waals surface area (Å²) in [7, 11) is 5.53. The molecule has 0 radical (unpaired) electrons. The van der Waals surface area contributed by atoms with Crippen molar-refractivity contribution in [3.05, 3.63) is 60.8 Å². The minimum Gasteiger partial charge on any atom is -0.477 e. The molecule has 0 aromatic heterocycles. The van der Waals surface area contributed by atoms with Crippen molar-refractivity contribution in [1.29, 1.82) is 0 Å². The second-order valence-electron chi connectivity index (χ2n) is 19.1. The molecule has 8 nitrogen and oxygen atoms in total. The third kappa shape index (κ3) is 46.0. The standard InChI is InChI=1S/C57H101NO7/c1-6-8-10-12-14-16-18-20-22-24-26-28-30-31-33-35-37-39-41-43-45-47-55(59)64-52-53(51-63-50-49-54(57(61)62)58(3,4)5)65-56(60)48-46-44-42-40-38-36-34-32-29-27-25-23-21-19-17-15-13-11-9-7-2/h14,16,20,22,26-29,31,33,53-54H,6-13,15,17-19,21,23-25,30,32,34-52H2,1-5H3/p+1/b16-14+,22-20+,28-26+,29-27+,33-31+. The monoisotopic (exact) mass is 913 g/mol. The Bertz CT molecular complexity index is 1250. The van der Waals surface area contributed by atoms with Crippen molar-refractivity contribution in [2.24, 2.45) is 0 Å². The Morgan fingerprint density at radius 3 is 1.25 bits per heavy atom. The van der Waals surface area contributed by atoms with E-state index in [0.717, 1.165) is 77.0 Å². The fourth-order valence-electron chi connectivity index (χ4n) is 7.72. The molecule has 0 saturated carbocycles. The first-order chi connectivity index (χ1) is 31.6. The van der Waals surface area contributed by atoms with Crippen LogP contribution < -0.4 is 0 Å². The SMILES string of the molecule is CCCCC/C=C/C/C=C/C/C=C/C/C=C/CCCCCCCC(=O)OCC(COCCC(C(=O)O)[N+](C)(C)C)OC(=O)CCCCCCCCC/C=C/CCCCCCCCCCC. The van der Waals surface area contributed by atoms with E-state index in [1.165, 1.54) is 122 Å². The van der Waals surface area contributed by atoms with Crippen LogP contribution in [0, 0.1) is 0 Å². The summed E-state index contributed by atoms with van der Waals surface area (Å²) in [5.41, 5.74) is 0. The molecule has 0 aromatic rings. The van der Waals surface area contributed by atoms with Gasteiger partial charge in [-0.25, -0.2) is 4.79 Å². The van der Waals surface area contributed by atoms with Crippen LogP contribution in [0.4, 0.5) is 0 Å². The number of quaternary nitrogens is 1. The maximum atomic E-state index is 12.8. The lowest BCUT2D eigenvalue weighted by atomic mass is 10.1. The van der Waals surface area contributed by atoms with Crippen LogP contribution in [-0.4, -0.2) is 80.6 Å². The highest BCUT2D eigenvalue weighted by atomic mass is 16.6. The van der Waals surface area contributed by atoms with Gasteiger partial charge in [-0.1, -0.05) is 190 Å². The summed E-state index contributed by atoms with van der Waals surface area (Å²) < 4.78 is 17.4. The average Bonchev–Trinajstić information content (AvgIpc) is 3.27. The molecule has 0 saturated heterocycles. The van der Waals surface area contributed by atoms with E-state index in [9.17, 15) is 19.5 Å². The number of carboxylic acids is 1. The van der Waals surface area contributed by atoms with Crippen LogP contribution in [0.25, 0.3) is 0 Å². The van der Waals surface area contributed by atoms with Gasteiger partial charge in [0.05, 0.1) is 34.4 Å². The number of esters is 2. The molecule has 376 valence electrons. The van der Waals surface area contributed by atoms with Gasteiger partial charge in [-0.2, -0.15) is 0 Å². The Kier molecular flexibility index (Phi) is 45.3. The van der Waals surface area contributed by atoms with Crippen molar-refractivity contribution in [3.63, 3.8) is 0 Å². The zero-order valence-corrected chi connectivity index (χ0v) is 42.9. The molecule has 1 N–H and O–H groups in total. The topological polar surface area (TPSA) is 99.1 Å². The molecule has 0 heterocycles. The fourth-order valence-corrected chi connectivity index (χ4v) is 7.72. The second-order valence-corrected chi connectivity index (χ2v) is 19.1. The second kappa shape index (κ2) is 47.5. The van der Waals surface area contributed by atoms with E-state index < -0.39 is 18.1 Å².